The third-order valence-corrected chi connectivity index (χ3v) is 12.0. The monoisotopic (exact) mass is 860 g/mol. The number of hydrogen-bond donors (Lipinski definition) is 4. The van der Waals surface area contributed by atoms with E-state index in [1.165, 1.54) is 7.11 Å². The zero-order chi connectivity index (χ0) is 44.6. The van der Waals surface area contributed by atoms with Crippen LogP contribution in [0.5, 0.6) is 0 Å². The van der Waals surface area contributed by atoms with Crippen molar-refractivity contribution >= 4 is 61.5 Å². The molecule has 1 fully saturated rings. The van der Waals surface area contributed by atoms with Gasteiger partial charge in [-0.15, -0.1) is 0 Å². The Morgan fingerprint density at radius 1 is 0.873 bits per heavy atom. The maximum atomic E-state index is 14.1. The average molecular weight is 861 g/mol. The first-order valence-electron chi connectivity index (χ1n) is 21.4. The highest BCUT2D eigenvalue weighted by Gasteiger charge is 2.38. The van der Waals surface area contributed by atoms with Crippen LogP contribution in [-0.4, -0.2) is 86.6 Å². The number of H-pyrrole nitrogens is 2. The molecule has 63 heavy (non-hydrogen) atoms. The molecule has 0 aliphatic carbocycles. The molecule has 0 bridgehead atoms. The van der Waals surface area contributed by atoms with E-state index in [1.54, 1.807) is 35.2 Å². The second-order valence-electron chi connectivity index (χ2n) is 16.6. The van der Waals surface area contributed by atoms with E-state index in [2.05, 4.69) is 57.0 Å². The smallest absolute Gasteiger partial charge is 0.407 e. The summed E-state index contributed by atoms with van der Waals surface area (Å²) in [6.45, 7) is 7.14. The van der Waals surface area contributed by atoms with Crippen molar-refractivity contribution in [3.05, 3.63) is 108 Å². The SMILES string of the molecule is CCCN(C(=O)C(NCC(F)(F)F)c1ccccc1)C(C)c1nc2c(ccc3cc(-c4ccc5c(ccc6[nH]c(C7CCCN7C(=O)C(NC(=O)OC)C(C)C)nc65)c4)ccc32)[nH]1. The van der Waals surface area contributed by atoms with Crippen molar-refractivity contribution in [3.8, 4) is 11.1 Å². The molecule has 3 heterocycles. The Bertz CT molecular complexity index is 2800. The maximum absolute atomic E-state index is 14.1. The van der Waals surface area contributed by atoms with Crippen LogP contribution in [-0.2, 0) is 14.3 Å². The van der Waals surface area contributed by atoms with Gasteiger partial charge in [-0.1, -0.05) is 87.5 Å². The highest BCUT2D eigenvalue weighted by molar-refractivity contribution is 6.07. The molecule has 8 rings (SSSR count). The summed E-state index contributed by atoms with van der Waals surface area (Å²) >= 11 is 0. The number of carbonyl (C=O) groups excluding carboxylic acids is 3. The van der Waals surface area contributed by atoms with Crippen LogP contribution in [0.4, 0.5) is 18.0 Å². The minimum absolute atomic E-state index is 0.133. The molecule has 3 amide bonds. The summed E-state index contributed by atoms with van der Waals surface area (Å²) in [5.41, 5.74) is 5.68. The Hall–Kier alpha value is -6.48. The number of likely N-dealkylation sites (tertiary alicyclic amines) is 1. The molecule has 1 aliphatic heterocycles. The average Bonchev–Trinajstić information content (AvgIpc) is 4.05. The Labute approximate surface area is 362 Å². The summed E-state index contributed by atoms with van der Waals surface area (Å²) in [6, 6.07) is 26.3. The first-order chi connectivity index (χ1) is 30.2. The van der Waals surface area contributed by atoms with Gasteiger partial charge < -0.3 is 29.8 Å². The minimum atomic E-state index is -4.49. The topological polar surface area (TPSA) is 148 Å². The fraction of sp³-hybridized carbons (Fsp3) is 0.354. The number of methoxy groups -OCH3 is 1. The van der Waals surface area contributed by atoms with Gasteiger partial charge in [0.05, 0.1) is 47.8 Å². The molecule has 1 aliphatic rings. The van der Waals surface area contributed by atoms with Crippen LogP contribution in [0.25, 0.3) is 54.7 Å². The van der Waals surface area contributed by atoms with Crippen molar-refractivity contribution in [2.45, 2.75) is 77.3 Å². The Morgan fingerprint density at radius 2 is 1.51 bits per heavy atom. The van der Waals surface area contributed by atoms with E-state index in [0.717, 1.165) is 67.6 Å². The molecule has 0 saturated carbocycles. The maximum Gasteiger partial charge on any atom is 0.407 e. The number of hydrogen-bond acceptors (Lipinski definition) is 7. The number of nitrogens with zero attached hydrogens (tertiary/aromatic N) is 4. The molecule has 328 valence electrons. The first kappa shape index (κ1) is 43.2. The third kappa shape index (κ3) is 8.79. The van der Waals surface area contributed by atoms with Crippen LogP contribution in [0.1, 0.15) is 82.3 Å². The molecule has 1 saturated heterocycles. The van der Waals surface area contributed by atoms with Gasteiger partial charge in [0.1, 0.15) is 23.7 Å². The summed E-state index contributed by atoms with van der Waals surface area (Å²) < 4.78 is 44.9. The zero-order valence-electron chi connectivity index (χ0n) is 35.8. The highest BCUT2D eigenvalue weighted by Crippen LogP contribution is 2.37. The van der Waals surface area contributed by atoms with Gasteiger partial charge in [0.25, 0.3) is 0 Å². The summed E-state index contributed by atoms with van der Waals surface area (Å²) in [6.07, 6.45) is -2.96. The predicted molar refractivity (Wildman–Crippen MR) is 238 cm³/mol. The van der Waals surface area contributed by atoms with Crippen LogP contribution >= 0.6 is 0 Å². The number of halogens is 3. The number of aromatic amines is 2. The summed E-state index contributed by atoms with van der Waals surface area (Å²) in [5.74, 6) is 0.496. The second-order valence-corrected chi connectivity index (χ2v) is 16.6. The van der Waals surface area contributed by atoms with Crippen LogP contribution in [0.3, 0.4) is 0 Å². The fourth-order valence-corrected chi connectivity index (χ4v) is 8.81. The van der Waals surface area contributed by atoms with Gasteiger partial charge in [-0.25, -0.2) is 14.8 Å². The molecule has 15 heteroatoms. The van der Waals surface area contributed by atoms with E-state index >= 15 is 0 Å². The lowest BCUT2D eigenvalue weighted by atomic mass is 9.98. The molecular weight excluding hydrogens is 810 g/mol. The van der Waals surface area contributed by atoms with Gasteiger partial charge in [0.15, 0.2) is 0 Å². The highest BCUT2D eigenvalue weighted by atomic mass is 19.4. The van der Waals surface area contributed by atoms with Crippen molar-refractivity contribution in [1.29, 1.82) is 0 Å². The van der Waals surface area contributed by atoms with E-state index in [0.29, 0.717) is 36.7 Å². The number of alkyl carbamates (subject to hydrolysis) is 1. The van der Waals surface area contributed by atoms with E-state index in [4.69, 9.17) is 14.7 Å². The number of alkyl halides is 3. The van der Waals surface area contributed by atoms with Crippen molar-refractivity contribution in [1.82, 2.24) is 40.4 Å². The number of imidazole rings is 2. The van der Waals surface area contributed by atoms with Gasteiger partial charge in [-0.2, -0.15) is 13.2 Å². The van der Waals surface area contributed by atoms with E-state index in [9.17, 15) is 27.6 Å². The lowest BCUT2D eigenvalue weighted by Gasteiger charge is -2.32. The normalized spacial score (nSPS) is 16.0. The number of carbonyl (C=O) groups is 3. The van der Waals surface area contributed by atoms with Gasteiger partial charge in [0, 0.05) is 23.9 Å². The minimum Gasteiger partial charge on any atom is -0.453 e. The molecule has 7 aromatic rings. The number of nitrogens with one attached hydrogen (secondary N) is 4. The summed E-state index contributed by atoms with van der Waals surface area (Å²) in [7, 11) is 1.28. The number of rotatable bonds is 13. The zero-order valence-corrected chi connectivity index (χ0v) is 35.8. The van der Waals surface area contributed by atoms with E-state index in [1.807, 2.05) is 56.9 Å². The van der Waals surface area contributed by atoms with Gasteiger partial charge in [0.2, 0.25) is 11.8 Å². The van der Waals surface area contributed by atoms with Crippen molar-refractivity contribution in [2.24, 2.45) is 5.92 Å². The number of amides is 3. The van der Waals surface area contributed by atoms with Crippen LogP contribution in [0.15, 0.2) is 91.0 Å². The summed E-state index contributed by atoms with van der Waals surface area (Å²) in [5, 5.41) is 9.04. The first-order valence-corrected chi connectivity index (χ1v) is 21.4. The summed E-state index contributed by atoms with van der Waals surface area (Å²) in [4.78, 5) is 60.2. The van der Waals surface area contributed by atoms with Gasteiger partial charge >= 0.3 is 12.3 Å². The molecular formula is C48H51F3N8O4. The Balaban J connectivity index is 1.05. The molecule has 0 spiro atoms. The van der Waals surface area contributed by atoms with E-state index < -0.39 is 42.8 Å². The second kappa shape index (κ2) is 17.7. The number of ether oxygens (including phenoxy) is 1. The Morgan fingerprint density at radius 3 is 2.11 bits per heavy atom. The number of aromatic nitrogens is 4. The molecule has 0 radical (unpaired) electrons. The molecule has 12 nitrogen and oxygen atoms in total. The van der Waals surface area contributed by atoms with Gasteiger partial charge in [-0.05, 0) is 83.8 Å². The molecule has 4 atom stereocenters. The standard InChI is InChI=1S/C48H51F3N8O4/c1-6-22-58(46(61)40(52-26-48(49,50)51)29-11-8-7-9-12-29)28(4)43-53-36-20-16-32-24-30(14-18-34(32)41(36)55-43)31-15-19-35-33(25-31)17-21-37-42(35)56-44(54-37)38-13-10-23-59(38)45(60)39(27(2)3)57-47(62)63-5/h7-9,11-12,14-21,24-25,27-28,38-40,52H,6,10,13,22-23,26H2,1-5H3,(H,53,55)(H,54,56)(H,57,62). The quantitative estimate of drug-likeness (QED) is 0.0903. The largest absolute Gasteiger partial charge is 0.453 e. The molecule has 2 aromatic heterocycles. The molecule has 5 aromatic carbocycles. The van der Waals surface area contributed by atoms with Crippen LogP contribution < -0.4 is 10.6 Å². The van der Waals surface area contributed by atoms with Crippen LogP contribution in [0, 0.1) is 5.92 Å². The number of benzene rings is 5. The van der Waals surface area contributed by atoms with E-state index in [-0.39, 0.29) is 17.9 Å². The lowest BCUT2D eigenvalue weighted by Crippen LogP contribution is -2.51. The van der Waals surface area contributed by atoms with Crippen molar-refractivity contribution in [2.75, 3.05) is 26.7 Å². The lowest BCUT2D eigenvalue weighted by molar-refractivity contribution is -0.141. The molecule has 4 unspecified atom stereocenters. The van der Waals surface area contributed by atoms with Crippen molar-refractivity contribution < 1.29 is 32.3 Å². The third-order valence-electron chi connectivity index (χ3n) is 12.0. The van der Waals surface area contributed by atoms with Crippen molar-refractivity contribution in [3.63, 3.8) is 0 Å². The number of fused-ring (bicyclic) bond motifs is 6. The molecule has 4 N–H and O–H groups in total. The predicted octanol–water partition coefficient (Wildman–Crippen LogP) is 9.65. The Kier molecular flexibility index (Phi) is 12.1. The van der Waals surface area contributed by atoms with Gasteiger partial charge in [-0.3, -0.25) is 14.9 Å². The van der Waals surface area contributed by atoms with Crippen LogP contribution in [0.2, 0.25) is 0 Å². The fourth-order valence-electron chi connectivity index (χ4n) is 8.81.